The van der Waals surface area contributed by atoms with Gasteiger partial charge in [-0.3, -0.25) is 4.68 Å². The van der Waals surface area contributed by atoms with Crippen LogP contribution >= 0.6 is 0 Å². The molecule has 1 heterocycles. The van der Waals surface area contributed by atoms with Crippen LogP contribution in [-0.4, -0.2) is 35.7 Å². The minimum Gasteiger partial charge on any atom is -0.309 e. The summed E-state index contributed by atoms with van der Waals surface area (Å²) in [6.07, 6.45) is 1.82. The molecule has 0 bridgehead atoms. The van der Waals surface area contributed by atoms with E-state index in [-0.39, 0.29) is 11.5 Å². The zero-order chi connectivity index (χ0) is 12.9. The molecule has 1 aromatic heterocycles. The van der Waals surface area contributed by atoms with E-state index in [2.05, 4.69) is 24.3 Å². The number of rotatable bonds is 7. The maximum Gasteiger partial charge on any atom is 0.151 e. The Morgan fingerprint density at radius 3 is 2.76 bits per heavy atom. The van der Waals surface area contributed by atoms with Gasteiger partial charge in [0.15, 0.2) is 9.84 Å². The maximum absolute atomic E-state index is 11.3. The third-order valence-corrected chi connectivity index (χ3v) is 4.14. The molecule has 0 unspecified atom stereocenters. The van der Waals surface area contributed by atoms with Crippen molar-refractivity contribution in [2.45, 2.75) is 39.9 Å². The molecule has 5 nitrogen and oxygen atoms in total. The molecule has 0 aliphatic heterocycles. The lowest BCUT2D eigenvalue weighted by atomic mass is 10.3. The Bertz CT molecular complexity index is 437. The average Bonchev–Trinajstić information content (AvgIpc) is 2.72. The average molecular weight is 259 g/mol. The van der Waals surface area contributed by atoms with Gasteiger partial charge in [-0.2, -0.15) is 5.10 Å². The van der Waals surface area contributed by atoms with Gasteiger partial charge in [0, 0.05) is 24.5 Å². The van der Waals surface area contributed by atoms with Gasteiger partial charge in [0.05, 0.1) is 18.0 Å². The van der Waals surface area contributed by atoms with Gasteiger partial charge in [-0.1, -0.05) is 20.8 Å². The van der Waals surface area contributed by atoms with Crippen LogP contribution in [0, 0.1) is 0 Å². The fourth-order valence-electron chi connectivity index (χ4n) is 1.31. The maximum atomic E-state index is 11.3. The topological polar surface area (TPSA) is 64.0 Å². The standard InChI is InChI=1S/C11H21N3O2S/c1-4-17(15,16)8-7-14-6-5-11(13-14)9-12-10(2)3/h5-6,10,12H,4,7-9H2,1-3H3. The number of aromatic nitrogens is 2. The van der Waals surface area contributed by atoms with Gasteiger partial charge in [0.2, 0.25) is 0 Å². The highest BCUT2D eigenvalue weighted by Crippen LogP contribution is 1.98. The van der Waals surface area contributed by atoms with E-state index in [0.717, 1.165) is 5.69 Å². The Balaban J connectivity index is 2.46. The highest BCUT2D eigenvalue weighted by atomic mass is 32.2. The normalized spacial score (nSPS) is 12.2. The zero-order valence-electron chi connectivity index (χ0n) is 10.7. The van der Waals surface area contributed by atoms with Crippen molar-refractivity contribution in [2.24, 2.45) is 0 Å². The van der Waals surface area contributed by atoms with E-state index in [1.54, 1.807) is 11.6 Å². The first-order valence-corrected chi connectivity index (χ1v) is 7.71. The second-order valence-corrected chi connectivity index (χ2v) is 6.81. The smallest absolute Gasteiger partial charge is 0.151 e. The van der Waals surface area contributed by atoms with Gasteiger partial charge in [0.25, 0.3) is 0 Å². The molecule has 0 atom stereocenters. The Kier molecular flexibility index (Phi) is 5.14. The van der Waals surface area contributed by atoms with E-state index < -0.39 is 9.84 Å². The van der Waals surface area contributed by atoms with Crippen molar-refractivity contribution in [3.63, 3.8) is 0 Å². The second kappa shape index (κ2) is 6.16. The number of hydrogen-bond acceptors (Lipinski definition) is 4. The summed E-state index contributed by atoms with van der Waals surface area (Å²) < 4.78 is 24.4. The molecular weight excluding hydrogens is 238 g/mol. The predicted molar refractivity (Wildman–Crippen MR) is 68.5 cm³/mol. The first-order valence-electron chi connectivity index (χ1n) is 5.89. The first kappa shape index (κ1) is 14.2. The molecular formula is C11H21N3O2S. The highest BCUT2D eigenvalue weighted by molar-refractivity contribution is 7.91. The predicted octanol–water partition coefficient (Wildman–Crippen LogP) is 0.816. The highest BCUT2D eigenvalue weighted by Gasteiger charge is 2.08. The lowest BCUT2D eigenvalue weighted by Crippen LogP contribution is -2.22. The Morgan fingerprint density at radius 2 is 2.18 bits per heavy atom. The fraction of sp³-hybridized carbons (Fsp3) is 0.727. The molecule has 1 aromatic rings. The van der Waals surface area contributed by atoms with E-state index in [0.29, 0.717) is 19.1 Å². The molecule has 0 aliphatic carbocycles. The van der Waals surface area contributed by atoms with Crippen LogP contribution in [0.4, 0.5) is 0 Å². The summed E-state index contributed by atoms with van der Waals surface area (Å²) in [5.41, 5.74) is 0.938. The van der Waals surface area contributed by atoms with Crippen LogP contribution < -0.4 is 5.32 Å². The number of aryl methyl sites for hydroxylation is 1. The molecule has 0 amide bonds. The van der Waals surface area contributed by atoms with Crippen molar-refractivity contribution in [1.82, 2.24) is 15.1 Å². The van der Waals surface area contributed by atoms with E-state index in [4.69, 9.17) is 0 Å². The van der Waals surface area contributed by atoms with E-state index in [1.165, 1.54) is 0 Å². The number of hydrogen-bond donors (Lipinski definition) is 1. The summed E-state index contributed by atoms with van der Waals surface area (Å²) in [5, 5.41) is 7.57. The van der Waals surface area contributed by atoms with Crippen molar-refractivity contribution >= 4 is 9.84 Å². The summed E-state index contributed by atoms with van der Waals surface area (Å²) in [5.74, 6) is 0.345. The molecule has 17 heavy (non-hydrogen) atoms. The van der Waals surface area contributed by atoms with Crippen LogP contribution in [0.25, 0.3) is 0 Å². The van der Waals surface area contributed by atoms with Crippen molar-refractivity contribution in [3.8, 4) is 0 Å². The summed E-state index contributed by atoms with van der Waals surface area (Å²) in [6.45, 7) is 6.95. The molecule has 0 saturated carbocycles. The van der Waals surface area contributed by atoms with E-state index >= 15 is 0 Å². The quantitative estimate of drug-likeness (QED) is 0.787. The molecule has 0 aromatic carbocycles. The molecule has 1 rings (SSSR count). The van der Waals surface area contributed by atoms with Gasteiger partial charge in [-0.05, 0) is 6.07 Å². The minimum absolute atomic E-state index is 0.155. The number of sulfone groups is 1. The summed E-state index contributed by atoms with van der Waals surface area (Å²) >= 11 is 0. The molecule has 6 heteroatoms. The third kappa shape index (κ3) is 5.32. The fourth-order valence-corrected chi connectivity index (χ4v) is 2.06. The lowest BCUT2D eigenvalue weighted by Gasteiger charge is -2.05. The largest absolute Gasteiger partial charge is 0.309 e. The Hall–Kier alpha value is -0.880. The van der Waals surface area contributed by atoms with E-state index in [9.17, 15) is 8.42 Å². The van der Waals surface area contributed by atoms with Crippen LogP contribution in [-0.2, 0) is 22.9 Å². The molecule has 0 fully saturated rings. The molecule has 0 aliphatic rings. The van der Waals surface area contributed by atoms with Crippen molar-refractivity contribution < 1.29 is 8.42 Å². The van der Waals surface area contributed by atoms with Crippen molar-refractivity contribution in [3.05, 3.63) is 18.0 Å². The van der Waals surface area contributed by atoms with Crippen LogP contribution in [0.5, 0.6) is 0 Å². The van der Waals surface area contributed by atoms with E-state index in [1.807, 2.05) is 12.3 Å². The van der Waals surface area contributed by atoms with Gasteiger partial charge in [-0.25, -0.2) is 8.42 Å². The summed E-state index contributed by atoms with van der Waals surface area (Å²) in [6, 6.07) is 2.33. The summed E-state index contributed by atoms with van der Waals surface area (Å²) in [7, 11) is -2.91. The third-order valence-electron chi connectivity index (χ3n) is 2.46. The SMILES string of the molecule is CCS(=O)(=O)CCn1ccc(CNC(C)C)n1. The minimum atomic E-state index is -2.91. The first-order chi connectivity index (χ1) is 7.93. The zero-order valence-corrected chi connectivity index (χ0v) is 11.5. The Labute approximate surface area is 103 Å². The molecule has 98 valence electrons. The summed E-state index contributed by atoms with van der Waals surface area (Å²) in [4.78, 5) is 0. The van der Waals surface area contributed by atoms with Gasteiger partial charge in [-0.15, -0.1) is 0 Å². The lowest BCUT2D eigenvalue weighted by molar-refractivity contribution is 0.561. The van der Waals surface area contributed by atoms with Gasteiger partial charge >= 0.3 is 0 Å². The monoisotopic (exact) mass is 259 g/mol. The van der Waals surface area contributed by atoms with Crippen LogP contribution in [0.2, 0.25) is 0 Å². The Morgan fingerprint density at radius 1 is 1.47 bits per heavy atom. The number of nitrogens with zero attached hydrogens (tertiary/aromatic N) is 2. The van der Waals surface area contributed by atoms with Crippen molar-refractivity contribution in [2.75, 3.05) is 11.5 Å². The van der Waals surface area contributed by atoms with Gasteiger partial charge < -0.3 is 5.32 Å². The van der Waals surface area contributed by atoms with Crippen molar-refractivity contribution in [1.29, 1.82) is 0 Å². The molecule has 0 radical (unpaired) electrons. The second-order valence-electron chi connectivity index (χ2n) is 4.34. The number of nitrogens with one attached hydrogen (secondary N) is 1. The van der Waals surface area contributed by atoms with Crippen LogP contribution in [0.3, 0.4) is 0 Å². The van der Waals surface area contributed by atoms with Crippen LogP contribution in [0.1, 0.15) is 26.5 Å². The van der Waals surface area contributed by atoms with Crippen LogP contribution in [0.15, 0.2) is 12.3 Å². The molecule has 1 N–H and O–H groups in total. The molecule has 0 spiro atoms. The molecule has 0 saturated heterocycles. The van der Waals surface area contributed by atoms with Gasteiger partial charge in [0.1, 0.15) is 0 Å².